The number of morpholine rings is 1. The molecule has 1 aromatic carbocycles. The minimum atomic E-state index is 0.168. The standard InChI is InChI=1S/C20H34N4O3/c1-15(2)13-24-9-10-27-18(14-24)12-23-20(21-3)22-8-7-16-5-6-17(26-4)11-19(16)25/h5-6,11,15,18,25H,7-10,12-14H2,1-4H3,(H2,21,22,23). The first-order valence-electron chi connectivity index (χ1n) is 9.66. The number of aromatic hydroxyl groups is 1. The third kappa shape index (κ3) is 7.27. The molecule has 0 spiro atoms. The lowest BCUT2D eigenvalue weighted by Gasteiger charge is -2.34. The van der Waals surface area contributed by atoms with E-state index in [1.807, 2.05) is 12.1 Å². The number of nitrogens with one attached hydrogen (secondary N) is 2. The maximum absolute atomic E-state index is 10.0. The minimum absolute atomic E-state index is 0.168. The molecule has 0 radical (unpaired) electrons. The Balaban J connectivity index is 1.73. The van der Waals surface area contributed by atoms with Crippen LogP contribution in [0.25, 0.3) is 0 Å². The predicted octanol–water partition coefficient (Wildman–Crippen LogP) is 1.47. The van der Waals surface area contributed by atoms with Crippen LogP contribution >= 0.6 is 0 Å². The number of ether oxygens (including phenoxy) is 2. The van der Waals surface area contributed by atoms with Crippen LogP contribution in [0.3, 0.4) is 0 Å². The van der Waals surface area contributed by atoms with Gasteiger partial charge in [-0.1, -0.05) is 19.9 Å². The van der Waals surface area contributed by atoms with Gasteiger partial charge in [0.1, 0.15) is 11.5 Å². The highest BCUT2D eigenvalue weighted by atomic mass is 16.5. The molecule has 2 rings (SSSR count). The number of methoxy groups -OCH3 is 1. The molecule has 1 aliphatic rings. The molecular weight excluding hydrogens is 344 g/mol. The van der Waals surface area contributed by atoms with Crippen LogP contribution in [0.4, 0.5) is 0 Å². The van der Waals surface area contributed by atoms with Gasteiger partial charge in [-0.3, -0.25) is 9.89 Å². The SMILES string of the molecule is CN=C(NCCc1ccc(OC)cc1O)NCC1CN(CC(C)C)CCO1. The van der Waals surface area contributed by atoms with Gasteiger partial charge in [0.2, 0.25) is 0 Å². The van der Waals surface area contributed by atoms with Crippen LogP contribution in [-0.4, -0.2) is 75.6 Å². The van der Waals surface area contributed by atoms with Crippen LogP contribution in [0.2, 0.25) is 0 Å². The predicted molar refractivity (Wildman–Crippen MR) is 109 cm³/mol. The van der Waals surface area contributed by atoms with Crippen molar-refractivity contribution in [2.24, 2.45) is 10.9 Å². The summed E-state index contributed by atoms with van der Waals surface area (Å²) in [5.41, 5.74) is 0.874. The lowest BCUT2D eigenvalue weighted by atomic mass is 10.1. The molecule has 0 aliphatic carbocycles. The van der Waals surface area contributed by atoms with E-state index in [9.17, 15) is 5.11 Å². The van der Waals surface area contributed by atoms with Crippen molar-refractivity contribution in [2.75, 3.05) is 53.5 Å². The third-order valence-electron chi connectivity index (χ3n) is 4.55. The summed E-state index contributed by atoms with van der Waals surface area (Å²) < 4.78 is 11.0. The highest BCUT2D eigenvalue weighted by Crippen LogP contribution is 2.23. The molecule has 3 N–H and O–H groups in total. The first kappa shape index (κ1) is 21.3. The van der Waals surface area contributed by atoms with Crippen molar-refractivity contribution < 1.29 is 14.6 Å². The van der Waals surface area contributed by atoms with Crippen LogP contribution in [0.5, 0.6) is 11.5 Å². The van der Waals surface area contributed by atoms with Gasteiger partial charge in [0.25, 0.3) is 0 Å². The van der Waals surface area contributed by atoms with E-state index in [0.29, 0.717) is 24.6 Å². The average Bonchev–Trinajstić information content (AvgIpc) is 2.65. The molecule has 1 aliphatic heterocycles. The zero-order chi connectivity index (χ0) is 19.6. The highest BCUT2D eigenvalue weighted by molar-refractivity contribution is 5.79. The number of nitrogens with zero attached hydrogens (tertiary/aromatic N) is 2. The van der Waals surface area contributed by atoms with Crippen LogP contribution in [0.15, 0.2) is 23.2 Å². The number of phenols is 1. The van der Waals surface area contributed by atoms with E-state index in [0.717, 1.165) is 44.3 Å². The lowest BCUT2D eigenvalue weighted by molar-refractivity contribution is -0.0284. The summed E-state index contributed by atoms with van der Waals surface area (Å²) in [7, 11) is 3.34. The fraction of sp³-hybridized carbons (Fsp3) is 0.650. The lowest BCUT2D eigenvalue weighted by Crippen LogP contribution is -2.50. The average molecular weight is 379 g/mol. The summed E-state index contributed by atoms with van der Waals surface area (Å²) in [6.07, 6.45) is 0.861. The molecule has 0 aromatic heterocycles. The Kier molecular flexibility index (Phi) is 8.67. The van der Waals surface area contributed by atoms with Crippen LogP contribution in [0.1, 0.15) is 19.4 Å². The second kappa shape index (κ2) is 11.0. The van der Waals surface area contributed by atoms with Gasteiger partial charge in [0.05, 0.1) is 19.8 Å². The molecule has 152 valence electrons. The van der Waals surface area contributed by atoms with E-state index in [2.05, 4.69) is 34.4 Å². The molecule has 1 atom stereocenters. The van der Waals surface area contributed by atoms with Crippen LogP contribution < -0.4 is 15.4 Å². The van der Waals surface area contributed by atoms with Crippen LogP contribution in [-0.2, 0) is 11.2 Å². The van der Waals surface area contributed by atoms with E-state index in [-0.39, 0.29) is 11.9 Å². The van der Waals surface area contributed by atoms with Gasteiger partial charge in [0, 0.05) is 45.8 Å². The van der Waals surface area contributed by atoms with Crippen molar-refractivity contribution in [2.45, 2.75) is 26.4 Å². The molecule has 0 saturated carbocycles. The van der Waals surface area contributed by atoms with E-state index in [4.69, 9.17) is 9.47 Å². The zero-order valence-electron chi connectivity index (χ0n) is 17.0. The Morgan fingerprint density at radius 3 is 2.89 bits per heavy atom. The molecule has 1 heterocycles. The molecule has 0 amide bonds. The van der Waals surface area contributed by atoms with Gasteiger partial charge < -0.3 is 25.2 Å². The third-order valence-corrected chi connectivity index (χ3v) is 4.55. The summed E-state index contributed by atoms with van der Waals surface area (Å²) >= 11 is 0. The number of phenolic OH excluding ortho intramolecular Hbond substituents is 1. The molecule has 1 aromatic rings. The van der Waals surface area contributed by atoms with Crippen molar-refractivity contribution in [3.8, 4) is 11.5 Å². The number of aliphatic imine (C=N–C) groups is 1. The number of hydrogen-bond donors (Lipinski definition) is 3. The molecule has 0 bridgehead atoms. The van der Waals surface area contributed by atoms with E-state index < -0.39 is 0 Å². The van der Waals surface area contributed by atoms with Crippen molar-refractivity contribution in [3.63, 3.8) is 0 Å². The first-order valence-corrected chi connectivity index (χ1v) is 9.66. The Morgan fingerprint density at radius 1 is 1.41 bits per heavy atom. The van der Waals surface area contributed by atoms with Crippen LogP contribution in [0, 0.1) is 5.92 Å². The summed E-state index contributed by atoms with van der Waals surface area (Å²) in [5, 5.41) is 16.7. The van der Waals surface area contributed by atoms with E-state index in [1.54, 1.807) is 20.2 Å². The van der Waals surface area contributed by atoms with E-state index in [1.165, 1.54) is 0 Å². The smallest absolute Gasteiger partial charge is 0.191 e. The van der Waals surface area contributed by atoms with Crippen molar-refractivity contribution >= 4 is 5.96 Å². The highest BCUT2D eigenvalue weighted by Gasteiger charge is 2.21. The Morgan fingerprint density at radius 2 is 2.22 bits per heavy atom. The van der Waals surface area contributed by atoms with E-state index >= 15 is 0 Å². The maximum atomic E-state index is 10.0. The quantitative estimate of drug-likeness (QED) is 0.470. The topological polar surface area (TPSA) is 78.4 Å². The minimum Gasteiger partial charge on any atom is -0.508 e. The normalized spacial score (nSPS) is 18.6. The Hall–Kier alpha value is -1.99. The molecule has 1 saturated heterocycles. The van der Waals surface area contributed by atoms with Gasteiger partial charge in [0.15, 0.2) is 5.96 Å². The Bertz CT molecular complexity index is 607. The van der Waals surface area contributed by atoms with Crippen molar-refractivity contribution in [1.29, 1.82) is 0 Å². The number of guanidine groups is 1. The molecule has 7 heteroatoms. The fourth-order valence-corrected chi connectivity index (χ4v) is 3.21. The Labute approximate surface area is 162 Å². The maximum Gasteiger partial charge on any atom is 0.191 e. The van der Waals surface area contributed by atoms with Gasteiger partial charge in [-0.15, -0.1) is 0 Å². The number of rotatable bonds is 8. The molecule has 1 fully saturated rings. The van der Waals surface area contributed by atoms with Crippen molar-refractivity contribution in [3.05, 3.63) is 23.8 Å². The largest absolute Gasteiger partial charge is 0.508 e. The summed E-state index contributed by atoms with van der Waals surface area (Å²) in [4.78, 5) is 6.73. The van der Waals surface area contributed by atoms with Gasteiger partial charge in [-0.2, -0.15) is 0 Å². The monoisotopic (exact) mass is 378 g/mol. The zero-order valence-corrected chi connectivity index (χ0v) is 17.0. The second-order valence-corrected chi connectivity index (χ2v) is 7.27. The van der Waals surface area contributed by atoms with Gasteiger partial charge in [-0.05, 0) is 24.0 Å². The fourth-order valence-electron chi connectivity index (χ4n) is 3.21. The summed E-state index contributed by atoms with van der Waals surface area (Å²) in [5.74, 6) is 2.31. The van der Waals surface area contributed by atoms with Gasteiger partial charge >= 0.3 is 0 Å². The molecule has 1 unspecified atom stereocenters. The number of benzene rings is 1. The number of hydrogen-bond acceptors (Lipinski definition) is 5. The molecule has 7 nitrogen and oxygen atoms in total. The van der Waals surface area contributed by atoms with Crippen molar-refractivity contribution in [1.82, 2.24) is 15.5 Å². The second-order valence-electron chi connectivity index (χ2n) is 7.27. The molecule has 27 heavy (non-hydrogen) atoms. The molecular formula is C20H34N4O3. The summed E-state index contributed by atoms with van der Waals surface area (Å²) in [6.45, 7) is 9.73. The van der Waals surface area contributed by atoms with Gasteiger partial charge in [-0.25, -0.2) is 0 Å². The first-order chi connectivity index (χ1) is 13.0. The summed E-state index contributed by atoms with van der Waals surface area (Å²) in [6, 6.07) is 5.36.